The van der Waals surface area contributed by atoms with E-state index in [-0.39, 0.29) is 5.78 Å². The van der Waals surface area contributed by atoms with Crippen LogP contribution in [0.25, 0.3) is 5.65 Å². The highest BCUT2D eigenvalue weighted by molar-refractivity contribution is 5.93. The molecule has 0 aliphatic rings. The van der Waals surface area contributed by atoms with Crippen LogP contribution in [0.15, 0.2) is 24.5 Å². The van der Waals surface area contributed by atoms with Crippen molar-refractivity contribution in [2.45, 2.75) is 39.2 Å². The first kappa shape index (κ1) is 12.8. The lowest BCUT2D eigenvalue weighted by molar-refractivity contribution is 0.0714. The average Bonchev–Trinajstić information content (AvgIpc) is 2.68. The summed E-state index contributed by atoms with van der Waals surface area (Å²) in [4.78, 5) is 15.6. The summed E-state index contributed by atoms with van der Waals surface area (Å²) in [5.74, 6) is 0.00624. The molecule has 0 aromatic carbocycles. The van der Waals surface area contributed by atoms with E-state index in [9.17, 15) is 9.90 Å². The van der Waals surface area contributed by atoms with Crippen LogP contribution in [0.2, 0.25) is 0 Å². The maximum atomic E-state index is 11.4. The van der Waals surface area contributed by atoms with Crippen molar-refractivity contribution in [3.63, 3.8) is 0 Å². The molecule has 0 saturated heterocycles. The highest BCUT2D eigenvalue weighted by atomic mass is 16.3. The molecule has 0 spiro atoms. The molecule has 0 radical (unpaired) electrons. The van der Waals surface area contributed by atoms with E-state index in [2.05, 4.69) is 4.98 Å². The Kier molecular flexibility index (Phi) is 3.22. The van der Waals surface area contributed by atoms with Crippen molar-refractivity contribution in [1.82, 2.24) is 9.38 Å². The van der Waals surface area contributed by atoms with E-state index in [1.54, 1.807) is 24.4 Å². The summed E-state index contributed by atoms with van der Waals surface area (Å²) in [5.41, 5.74) is 1.82. The zero-order valence-corrected chi connectivity index (χ0v) is 11.0. The number of nitrogens with zero attached hydrogens (tertiary/aromatic N) is 2. The van der Waals surface area contributed by atoms with Gasteiger partial charge in [0.15, 0.2) is 5.78 Å². The lowest BCUT2D eigenvalue weighted by Crippen LogP contribution is -2.19. The van der Waals surface area contributed by atoms with Gasteiger partial charge in [0.05, 0.1) is 11.8 Å². The van der Waals surface area contributed by atoms with Crippen LogP contribution in [-0.4, -0.2) is 25.9 Å². The van der Waals surface area contributed by atoms with Crippen LogP contribution in [0, 0.1) is 0 Å². The molecule has 0 unspecified atom stereocenters. The standard InChI is InChI=1S/C14H18N2O2/c1-10(17)12-9-15-13-8-11(5-7-16(12)13)4-6-14(2,3)18/h5,7-9,18H,4,6H2,1-3H3. The van der Waals surface area contributed by atoms with Crippen LogP contribution in [-0.2, 0) is 6.42 Å². The third-order valence-corrected chi connectivity index (χ3v) is 2.96. The molecule has 0 fully saturated rings. The predicted octanol–water partition coefficient (Wildman–Crippen LogP) is 2.24. The van der Waals surface area contributed by atoms with Crippen molar-refractivity contribution in [1.29, 1.82) is 0 Å². The Labute approximate surface area is 106 Å². The van der Waals surface area contributed by atoms with Gasteiger partial charge in [0.25, 0.3) is 0 Å². The monoisotopic (exact) mass is 246 g/mol. The molecule has 0 atom stereocenters. The van der Waals surface area contributed by atoms with Gasteiger partial charge in [-0.15, -0.1) is 0 Å². The Morgan fingerprint density at radius 1 is 1.50 bits per heavy atom. The zero-order valence-electron chi connectivity index (χ0n) is 11.0. The highest BCUT2D eigenvalue weighted by Crippen LogP contribution is 2.15. The van der Waals surface area contributed by atoms with E-state index in [0.717, 1.165) is 17.6 Å². The van der Waals surface area contributed by atoms with E-state index in [0.29, 0.717) is 12.1 Å². The van der Waals surface area contributed by atoms with Crippen LogP contribution in [0.5, 0.6) is 0 Å². The Morgan fingerprint density at radius 3 is 2.83 bits per heavy atom. The van der Waals surface area contributed by atoms with Gasteiger partial charge in [-0.25, -0.2) is 4.98 Å². The van der Waals surface area contributed by atoms with E-state index >= 15 is 0 Å². The van der Waals surface area contributed by atoms with E-state index in [1.807, 2.05) is 18.3 Å². The van der Waals surface area contributed by atoms with Crippen LogP contribution >= 0.6 is 0 Å². The minimum atomic E-state index is -0.661. The summed E-state index contributed by atoms with van der Waals surface area (Å²) in [5, 5.41) is 9.70. The second kappa shape index (κ2) is 4.53. The molecule has 96 valence electrons. The molecule has 0 amide bonds. The number of imidazole rings is 1. The van der Waals surface area contributed by atoms with Gasteiger partial charge in [-0.05, 0) is 44.4 Å². The first-order valence-corrected chi connectivity index (χ1v) is 6.06. The second-order valence-electron chi connectivity index (χ2n) is 5.28. The summed E-state index contributed by atoms with van der Waals surface area (Å²) in [6.45, 7) is 5.13. The van der Waals surface area contributed by atoms with E-state index in [4.69, 9.17) is 0 Å². The maximum absolute atomic E-state index is 11.4. The molecule has 4 nitrogen and oxygen atoms in total. The molecule has 2 aromatic heterocycles. The number of pyridine rings is 1. The Hall–Kier alpha value is -1.68. The fraction of sp³-hybridized carbons (Fsp3) is 0.429. The fourth-order valence-corrected chi connectivity index (χ4v) is 1.89. The molecule has 1 N–H and O–H groups in total. The Bertz CT molecular complexity index is 579. The number of ketones is 1. The molecular formula is C14H18N2O2. The summed E-state index contributed by atoms with van der Waals surface area (Å²) < 4.78 is 1.79. The minimum Gasteiger partial charge on any atom is -0.390 e. The van der Waals surface area contributed by atoms with Crippen LogP contribution in [0.3, 0.4) is 0 Å². The van der Waals surface area contributed by atoms with Gasteiger partial charge in [-0.1, -0.05) is 0 Å². The van der Waals surface area contributed by atoms with Crippen molar-refractivity contribution in [2.24, 2.45) is 0 Å². The maximum Gasteiger partial charge on any atom is 0.178 e. The number of hydrogen-bond donors (Lipinski definition) is 1. The van der Waals surface area contributed by atoms with E-state index in [1.165, 1.54) is 6.92 Å². The van der Waals surface area contributed by atoms with Crippen molar-refractivity contribution in [2.75, 3.05) is 0 Å². The number of Topliss-reactive ketones (excluding diaryl/α,β-unsaturated/α-hetero) is 1. The molecule has 4 heteroatoms. The molecule has 0 bridgehead atoms. The molecule has 2 aromatic rings. The second-order valence-corrected chi connectivity index (χ2v) is 5.28. The van der Waals surface area contributed by atoms with E-state index < -0.39 is 5.60 Å². The number of aliphatic hydroxyl groups is 1. The normalized spacial score (nSPS) is 12.0. The molecular weight excluding hydrogens is 228 g/mol. The Balaban J connectivity index is 2.26. The third kappa shape index (κ3) is 2.76. The van der Waals surface area contributed by atoms with Crippen LogP contribution < -0.4 is 0 Å². The quantitative estimate of drug-likeness (QED) is 0.842. The molecule has 2 heterocycles. The summed E-state index contributed by atoms with van der Waals surface area (Å²) >= 11 is 0. The SMILES string of the molecule is CC(=O)c1cnc2cc(CCC(C)(C)O)ccn12. The fourth-order valence-electron chi connectivity index (χ4n) is 1.89. The van der Waals surface area contributed by atoms with Gasteiger partial charge in [-0.2, -0.15) is 0 Å². The molecule has 0 aliphatic carbocycles. The summed E-state index contributed by atoms with van der Waals surface area (Å²) in [7, 11) is 0. The molecule has 18 heavy (non-hydrogen) atoms. The average molecular weight is 246 g/mol. The van der Waals surface area contributed by atoms with Gasteiger partial charge in [-0.3, -0.25) is 9.20 Å². The lowest BCUT2D eigenvalue weighted by Gasteiger charge is -2.16. The van der Waals surface area contributed by atoms with Crippen LogP contribution in [0.1, 0.15) is 43.2 Å². The molecule has 0 aliphatic heterocycles. The van der Waals surface area contributed by atoms with Crippen molar-refractivity contribution >= 4 is 11.4 Å². The summed E-state index contributed by atoms with van der Waals surface area (Å²) in [6, 6.07) is 3.92. The smallest absolute Gasteiger partial charge is 0.178 e. The van der Waals surface area contributed by atoms with Crippen molar-refractivity contribution in [3.8, 4) is 0 Å². The highest BCUT2D eigenvalue weighted by Gasteiger charge is 2.13. The third-order valence-electron chi connectivity index (χ3n) is 2.96. The predicted molar refractivity (Wildman–Crippen MR) is 69.8 cm³/mol. The first-order valence-electron chi connectivity index (χ1n) is 6.06. The lowest BCUT2D eigenvalue weighted by atomic mass is 9.99. The largest absolute Gasteiger partial charge is 0.390 e. The number of carbonyl (C=O) groups excluding carboxylic acids is 1. The number of rotatable bonds is 4. The van der Waals surface area contributed by atoms with Gasteiger partial charge in [0.1, 0.15) is 11.3 Å². The van der Waals surface area contributed by atoms with Gasteiger partial charge in [0.2, 0.25) is 0 Å². The van der Waals surface area contributed by atoms with Crippen molar-refractivity contribution in [3.05, 3.63) is 35.8 Å². The number of carbonyl (C=O) groups is 1. The van der Waals surface area contributed by atoms with Gasteiger partial charge < -0.3 is 5.11 Å². The van der Waals surface area contributed by atoms with Gasteiger partial charge in [0, 0.05) is 13.1 Å². The number of aryl methyl sites for hydroxylation is 1. The first-order chi connectivity index (χ1) is 8.37. The number of fused-ring (bicyclic) bond motifs is 1. The van der Waals surface area contributed by atoms with Gasteiger partial charge >= 0.3 is 0 Å². The molecule has 2 rings (SSSR count). The number of aromatic nitrogens is 2. The molecule has 0 saturated carbocycles. The topological polar surface area (TPSA) is 54.6 Å². The minimum absolute atomic E-state index is 0.00624. The van der Waals surface area contributed by atoms with Crippen LogP contribution in [0.4, 0.5) is 0 Å². The number of hydrogen-bond acceptors (Lipinski definition) is 3. The van der Waals surface area contributed by atoms with Crippen molar-refractivity contribution < 1.29 is 9.90 Å². The summed E-state index contributed by atoms with van der Waals surface area (Å²) in [6.07, 6.45) is 4.95. The zero-order chi connectivity index (χ0) is 13.3. The Morgan fingerprint density at radius 2 is 2.22 bits per heavy atom.